The van der Waals surface area contributed by atoms with Gasteiger partial charge >= 0.3 is 0 Å². The van der Waals surface area contributed by atoms with Gasteiger partial charge in [0.2, 0.25) is 0 Å². The van der Waals surface area contributed by atoms with Crippen molar-refractivity contribution in [2.24, 2.45) is 5.92 Å². The molecule has 2 aromatic rings. The SMILES string of the molecule is Cc1cc(C(=O)NCC2CCN(C(=O)c3ccncc3)CC2)ccc1[N+](=O)[O-]. The van der Waals surface area contributed by atoms with Crippen LogP contribution in [-0.2, 0) is 0 Å². The van der Waals surface area contributed by atoms with Gasteiger partial charge in [-0.1, -0.05) is 0 Å². The molecule has 1 saturated heterocycles. The number of hydrogen-bond donors (Lipinski definition) is 1. The summed E-state index contributed by atoms with van der Waals surface area (Å²) in [5.74, 6) is 0.0594. The topological polar surface area (TPSA) is 105 Å². The molecule has 146 valence electrons. The summed E-state index contributed by atoms with van der Waals surface area (Å²) in [4.78, 5) is 40.9. The normalized spacial score (nSPS) is 14.5. The molecule has 0 spiro atoms. The number of aryl methyl sites for hydroxylation is 1. The molecule has 3 rings (SSSR count). The van der Waals surface area contributed by atoms with Gasteiger partial charge in [0.25, 0.3) is 17.5 Å². The van der Waals surface area contributed by atoms with E-state index in [-0.39, 0.29) is 17.5 Å². The number of aromatic nitrogens is 1. The minimum atomic E-state index is -0.460. The molecule has 1 aromatic heterocycles. The van der Waals surface area contributed by atoms with E-state index in [9.17, 15) is 19.7 Å². The highest BCUT2D eigenvalue weighted by Gasteiger charge is 2.24. The highest BCUT2D eigenvalue weighted by atomic mass is 16.6. The number of amides is 2. The first kappa shape index (κ1) is 19.5. The third kappa shape index (κ3) is 4.51. The lowest BCUT2D eigenvalue weighted by atomic mass is 9.96. The van der Waals surface area contributed by atoms with Crippen molar-refractivity contribution in [1.29, 1.82) is 0 Å². The molecule has 28 heavy (non-hydrogen) atoms. The zero-order valence-corrected chi connectivity index (χ0v) is 15.6. The maximum atomic E-state index is 12.4. The third-order valence-corrected chi connectivity index (χ3v) is 5.04. The zero-order valence-electron chi connectivity index (χ0n) is 15.6. The molecular weight excluding hydrogens is 360 g/mol. The predicted octanol–water partition coefficient (Wildman–Crippen LogP) is 2.58. The van der Waals surface area contributed by atoms with Gasteiger partial charge in [0.15, 0.2) is 0 Å². The van der Waals surface area contributed by atoms with E-state index in [0.717, 1.165) is 12.8 Å². The molecule has 1 aliphatic rings. The number of rotatable bonds is 5. The lowest BCUT2D eigenvalue weighted by molar-refractivity contribution is -0.385. The second-order valence-electron chi connectivity index (χ2n) is 6.94. The molecule has 1 N–H and O–H groups in total. The fraction of sp³-hybridized carbons (Fsp3) is 0.350. The van der Waals surface area contributed by atoms with Crippen LogP contribution in [-0.4, -0.2) is 46.3 Å². The molecule has 2 amide bonds. The lowest BCUT2D eigenvalue weighted by Gasteiger charge is -2.32. The fourth-order valence-electron chi connectivity index (χ4n) is 3.36. The monoisotopic (exact) mass is 382 g/mol. The van der Waals surface area contributed by atoms with Crippen molar-refractivity contribution in [2.75, 3.05) is 19.6 Å². The number of nitro benzene ring substituents is 1. The molecular formula is C20H22N4O4. The van der Waals surface area contributed by atoms with Crippen LogP contribution >= 0.6 is 0 Å². The maximum Gasteiger partial charge on any atom is 0.272 e. The third-order valence-electron chi connectivity index (χ3n) is 5.04. The molecule has 1 aliphatic heterocycles. The molecule has 1 aromatic carbocycles. The van der Waals surface area contributed by atoms with Gasteiger partial charge in [0, 0.05) is 54.8 Å². The van der Waals surface area contributed by atoms with Gasteiger partial charge in [-0.2, -0.15) is 0 Å². The first-order valence-electron chi connectivity index (χ1n) is 9.18. The van der Waals surface area contributed by atoms with Crippen molar-refractivity contribution in [2.45, 2.75) is 19.8 Å². The predicted molar refractivity (Wildman–Crippen MR) is 103 cm³/mol. The van der Waals surface area contributed by atoms with Crippen molar-refractivity contribution in [3.8, 4) is 0 Å². The quantitative estimate of drug-likeness (QED) is 0.632. The summed E-state index contributed by atoms with van der Waals surface area (Å²) in [6.07, 6.45) is 4.84. The van der Waals surface area contributed by atoms with E-state index in [1.165, 1.54) is 18.2 Å². The molecule has 0 unspecified atom stereocenters. The number of carbonyl (C=O) groups is 2. The van der Waals surface area contributed by atoms with Crippen LogP contribution in [0, 0.1) is 23.0 Å². The van der Waals surface area contributed by atoms with Crippen molar-refractivity contribution in [3.05, 3.63) is 69.5 Å². The number of hydrogen-bond acceptors (Lipinski definition) is 5. The van der Waals surface area contributed by atoms with Gasteiger partial charge in [-0.3, -0.25) is 24.7 Å². The minimum Gasteiger partial charge on any atom is -0.352 e. The van der Waals surface area contributed by atoms with Crippen LogP contribution in [0.25, 0.3) is 0 Å². The van der Waals surface area contributed by atoms with E-state index in [0.29, 0.717) is 42.2 Å². The van der Waals surface area contributed by atoms with Crippen LogP contribution < -0.4 is 5.32 Å². The number of nitrogens with one attached hydrogen (secondary N) is 1. The Bertz CT molecular complexity index is 877. The highest BCUT2D eigenvalue weighted by molar-refractivity contribution is 5.95. The Balaban J connectivity index is 1.49. The zero-order chi connectivity index (χ0) is 20.1. The van der Waals surface area contributed by atoms with Crippen molar-refractivity contribution < 1.29 is 14.5 Å². The van der Waals surface area contributed by atoms with Crippen molar-refractivity contribution in [3.63, 3.8) is 0 Å². The summed E-state index contributed by atoms with van der Waals surface area (Å²) < 4.78 is 0. The number of piperidine rings is 1. The Kier molecular flexibility index (Phi) is 5.98. The molecule has 0 atom stereocenters. The van der Waals surface area contributed by atoms with Crippen LogP contribution in [0.2, 0.25) is 0 Å². The summed E-state index contributed by atoms with van der Waals surface area (Å²) in [5.41, 5.74) is 1.51. The van der Waals surface area contributed by atoms with Crippen LogP contribution in [0.3, 0.4) is 0 Å². The lowest BCUT2D eigenvalue weighted by Crippen LogP contribution is -2.41. The van der Waals surface area contributed by atoms with E-state index >= 15 is 0 Å². The summed E-state index contributed by atoms with van der Waals surface area (Å²) in [6, 6.07) is 7.77. The van der Waals surface area contributed by atoms with E-state index in [1.807, 2.05) is 4.90 Å². The van der Waals surface area contributed by atoms with Crippen LogP contribution in [0.4, 0.5) is 5.69 Å². The van der Waals surface area contributed by atoms with Crippen LogP contribution in [0.15, 0.2) is 42.7 Å². The largest absolute Gasteiger partial charge is 0.352 e. The molecule has 1 fully saturated rings. The number of nitrogens with zero attached hydrogens (tertiary/aromatic N) is 3. The van der Waals surface area contributed by atoms with E-state index in [1.54, 1.807) is 31.5 Å². The number of carbonyl (C=O) groups excluding carboxylic acids is 2. The van der Waals surface area contributed by atoms with Crippen molar-refractivity contribution >= 4 is 17.5 Å². The molecule has 0 aliphatic carbocycles. The maximum absolute atomic E-state index is 12.4. The Labute approximate surface area is 162 Å². The average molecular weight is 382 g/mol. The second-order valence-corrected chi connectivity index (χ2v) is 6.94. The fourth-order valence-corrected chi connectivity index (χ4v) is 3.36. The number of likely N-dealkylation sites (tertiary alicyclic amines) is 1. The van der Waals surface area contributed by atoms with E-state index in [4.69, 9.17) is 0 Å². The molecule has 8 nitrogen and oxygen atoms in total. The first-order valence-corrected chi connectivity index (χ1v) is 9.18. The van der Waals surface area contributed by atoms with Gasteiger partial charge in [-0.25, -0.2) is 0 Å². The second kappa shape index (κ2) is 8.60. The van der Waals surface area contributed by atoms with E-state index < -0.39 is 4.92 Å². The molecule has 0 saturated carbocycles. The van der Waals surface area contributed by atoms with Gasteiger partial charge in [0.05, 0.1) is 4.92 Å². The first-order chi connectivity index (χ1) is 13.5. The average Bonchev–Trinajstić information content (AvgIpc) is 2.72. The summed E-state index contributed by atoms with van der Waals surface area (Å²) in [7, 11) is 0. The molecule has 2 heterocycles. The summed E-state index contributed by atoms with van der Waals surface area (Å²) in [5, 5.41) is 13.8. The molecule has 0 bridgehead atoms. The molecule has 8 heteroatoms. The minimum absolute atomic E-state index is 0.00258. The Hall–Kier alpha value is -3.29. The molecule has 0 radical (unpaired) electrons. The standard InChI is InChI=1S/C20H22N4O4/c1-14-12-17(2-3-18(14)24(27)28)19(25)22-13-15-6-10-23(11-7-15)20(26)16-4-8-21-9-5-16/h2-5,8-9,12,15H,6-7,10-11,13H2,1H3,(H,22,25). The van der Waals surface area contributed by atoms with Crippen molar-refractivity contribution in [1.82, 2.24) is 15.2 Å². The number of nitro groups is 1. The van der Waals surface area contributed by atoms with Gasteiger partial charge in [0.1, 0.15) is 0 Å². The summed E-state index contributed by atoms with van der Waals surface area (Å²) in [6.45, 7) is 3.44. The number of benzene rings is 1. The van der Waals surface area contributed by atoms with Gasteiger partial charge in [-0.05, 0) is 49.9 Å². The smallest absolute Gasteiger partial charge is 0.272 e. The Morgan fingerprint density at radius 2 is 1.86 bits per heavy atom. The Morgan fingerprint density at radius 1 is 1.18 bits per heavy atom. The van der Waals surface area contributed by atoms with Gasteiger partial charge < -0.3 is 10.2 Å². The Morgan fingerprint density at radius 3 is 2.46 bits per heavy atom. The number of pyridine rings is 1. The van der Waals surface area contributed by atoms with Crippen LogP contribution in [0.5, 0.6) is 0 Å². The van der Waals surface area contributed by atoms with Crippen LogP contribution in [0.1, 0.15) is 39.1 Å². The van der Waals surface area contributed by atoms with Gasteiger partial charge in [-0.15, -0.1) is 0 Å². The van der Waals surface area contributed by atoms with E-state index in [2.05, 4.69) is 10.3 Å². The summed E-state index contributed by atoms with van der Waals surface area (Å²) >= 11 is 0. The highest BCUT2D eigenvalue weighted by Crippen LogP contribution is 2.20.